The minimum Gasteiger partial charge on any atom is -0.495 e. The smallest absolute Gasteiger partial charge is 0.222 e. The molecular formula is C20H23N7O2. The minimum absolute atomic E-state index is 0.232. The second-order valence-corrected chi connectivity index (χ2v) is 6.75. The summed E-state index contributed by atoms with van der Waals surface area (Å²) in [5.41, 5.74) is 9.55. The van der Waals surface area contributed by atoms with Crippen LogP contribution in [0.25, 0.3) is 11.0 Å². The molecule has 0 spiro atoms. The minimum atomic E-state index is 0.232. The molecule has 150 valence electrons. The van der Waals surface area contributed by atoms with Crippen LogP contribution in [0, 0.1) is 6.92 Å². The third-order valence-corrected chi connectivity index (χ3v) is 4.68. The Bertz CT molecular complexity index is 1120. The van der Waals surface area contributed by atoms with E-state index in [0.29, 0.717) is 12.4 Å². The van der Waals surface area contributed by atoms with Gasteiger partial charge in [0.05, 0.1) is 25.4 Å². The molecular weight excluding hydrogens is 370 g/mol. The summed E-state index contributed by atoms with van der Waals surface area (Å²) in [6, 6.07) is 5.82. The molecule has 29 heavy (non-hydrogen) atoms. The molecule has 0 atom stereocenters. The Morgan fingerprint density at radius 1 is 1.28 bits per heavy atom. The molecule has 9 heteroatoms. The van der Waals surface area contributed by atoms with E-state index in [0.717, 1.165) is 53.2 Å². The van der Waals surface area contributed by atoms with Crippen LogP contribution in [0.2, 0.25) is 0 Å². The standard InChI is InChI=1S/C20H23N7O2/c1-13-10-15(26-29-13)11-23-19-18-16(24-20(21)25-19)6-9-27(18)8-3-4-14-5-7-22-12-17(14)28-2/h5-7,9-10,12H,3-4,8,11H2,1-2H3,(H3,21,23,24,25). The molecule has 9 nitrogen and oxygen atoms in total. The number of aromatic nitrogens is 5. The van der Waals surface area contributed by atoms with Gasteiger partial charge < -0.3 is 24.9 Å². The summed E-state index contributed by atoms with van der Waals surface area (Å²) in [5, 5.41) is 7.32. The van der Waals surface area contributed by atoms with Crippen molar-refractivity contribution in [2.24, 2.45) is 0 Å². The zero-order chi connectivity index (χ0) is 20.2. The summed E-state index contributed by atoms with van der Waals surface area (Å²) in [5.74, 6) is 2.49. The van der Waals surface area contributed by atoms with Crippen molar-refractivity contribution in [1.29, 1.82) is 0 Å². The van der Waals surface area contributed by atoms with Gasteiger partial charge in [0, 0.05) is 25.0 Å². The summed E-state index contributed by atoms with van der Waals surface area (Å²) in [6.45, 7) is 3.16. The number of rotatable bonds is 8. The van der Waals surface area contributed by atoms with Gasteiger partial charge in [-0.1, -0.05) is 5.16 Å². The Balaban J connectivity index is 1.52. The molecule has 0 saturated carbocycles. The van der Waals surface area contributed by atoms with E-state index in [4.69, 9.17) is 15.0 Å². The van der Waals surface area contributed by atoms with E-state index in [1.54, 1.807) is 19.5 Å². The number of anilines is 2. The lowest BCUT2D eigenvalue weighted by atomic mass is 10.1. The molecule has 3 N–H and O–H groups in total. The Hall–Kier alpha value is -3.62. The van der Waals surface area contributed by atoms with Gasteiger partial charge in [-0.2, -0.15) is 4.98 Å². The van der Waals surface area contributed by atoms with E-state index < -0.39 is 0 Å². The van der Waals surface area contributed by atoms with Gasteiger partial charge in [-0.05, 0) is 37.5 Å². The largest absolute Gasteiger partial charge is 0.495 e. The van der Waals surface area contributed by atoms with E-state index in [-0.39, 0.29) is 5.95 Å². The lowest BCUT2D eigenvalue weighted by Gasteiger charge is -2.11. The van der Waals surface area contributed by atoms with Crippen molar-refractivity contribution < 1.29 is 9.26 Å². The summed E-state index contributed by atoms with van der Waals surface area (Å²) in [4.78, 5) is 12.9. The first-order chi connectivity index (χ1) is 14.1. The van der Waals surface area contributed by atoms with Gasteiger partial charge in [0.2, 0.25) is 5.95 Å². The normalized spacial score (nSPS) is 11.1. The summed E-state index contributed by atoms with van der Waals surface area (Å²) in [7, 11) is 1.66. The van der Waals surface area contributed by atoms with E-state index in [1.165, 1.54) is 0 Å². The maximum absolute atomic E-state index is 5.89. The maximum atomic E-state index is 5.89. The van der Waals surface area contributed by atoms with E-state index in [2.05, 4.69) is 30.0 Å². The monoisotopic (exact) mass is 393 g/mol. The predicted octanol–water partition coefficient (Wildman–Crippen LogP) is 2.96. The molecule has 0 amide bonds. The molecule has 0 unspecified atom stereocenters. The lowest BCUT2D eigenvalue weighted by molar-refractivity contribution is 0.391. The van der Waals surface area contributed by atoms with Gasteiger partial charge in [0.1, 0.15) is 22.7 Å². The van der Waals surface area contributed by atoms with E-state index >= 15 is 0 Å². The molecule has 4 heterocycles. The van der Waals surface area contributed by atoms with Gasteiger partial charge in [-0.15, -0.1) is 0 Å². The summed E-state index contributed by atoms with van der Waals surface area (Å²) >= 11 is 0. The third-order valence-electron chi connectivity index (χ3n) is 4.68. The second kappa shape index (κ2) is 8.17. The molecule has 0 aliphatic heterocycles. The number of nitrogens with one attached hydrogen (secondary N) is 1. The number of aryl methyl sites for hydroxylation is 3. The molecule has 4 aromatic rings. The van der Waals surface area contributed by atoms with Crippen molar-refractivity contribution in [3.63, 3.8) is 0 Å². The zero-order valence-electron chi connectivity index (χ0n) is 16.4. The molecule has 0 aliphatic carbocycles. The van der Waals surface area contributed by atoms with Crippen molar-refractivity contribution in [3.05, 3.63) is 53.8 Å². The molecule has 0 saturated heterocycles. The zero-order valence-corrected chi connectivity index (χ0v) is 16.4. The highest BCUT2D eigenvalue weighted by molar-refractivity contribution is 5.87. The number of methoxy groups -OCH3 is 1. The van der Waals surface area contributed by atoms with Gasteiger partial charge >= 0.3 is 0 Å². The molecule has 0 fully saturated rings. The Labute approximate surface area is 167 Å². The Morgan fingerprint density at radius 3 is 2.97 bits per heavy atom. The van der Waals surface area contributed by atoms with Crippen molar-refractivity contribution in [2.75, 3.05) is 18.2 Å². The van der Waals surface area contributed by atoms with Gasteiger partial charge in [0.15, 0.2) is 5.82 Å². The number of hydrogen-bond acceptors (Lipinski definition) is 8. The number of nitrogens with two attached hydrogens (primary N) is 1. The fourth-order valence-corrected chi connectivity index (χ4v) is 3.35. The van der Waals surface area contributed by atoms with Crippen LogP contribution in [0.3, 0.4) is 0 Å². The second-order valence-electron chi connectivity index (χ2n) is 6.75. The van der Waals surface area contributed by atoms with Gasteiger partial charge in [-0.25, -0.2) is 4.98 Å². The van der Waals surface area contributed by atoms with E-state index in [1.807, 2.05) is 31.3 Å². The fourth-order valence-electron chi connectivity index (χ4n) is 3.35. The number of fused-ring (bicyclic) bond motifs is 1. The number of ether oxygens (including phenoxy) is 1. The molecule has 4 aromatic heterocycles. The molecule has 0 radical (unpaired) electrons. The summed E-state index contributed by atoms with van der Waals surface area (Å²) in [6.07, 6.45) is 7.34. The molecule has 0 aliphatic rings. The first-order valence-corrected chi connectivity index (χ1v) is 9.39. The van der Waals surface area contributed by atoms with E-state index in [9.17, 15) is 0 Å². The SMILES string of the molecule is COc1cnccc1CCCn1ccc2nc(N)nc(NCc3cc(C)on3)c21. The topological polar surface area (TPSA) is 117 Å². The van der Waals surface area contributed by atoms with Crippen LogP contribution in [-0.4, -0.2) is 31.8 Å². The van der Waals surface area contributed by atoms with Crippen LogP contribution in [0.15, 0.2) is 41.3 Å². The highest BCUT2D eigenvalue weighted by Crippen LogP contribution is 2.24. The molecule has 0 bridgehead atoms. The van der Waals surface area contributed by atoms with Crippen LogP contribution in [0.5, 0.6) is 5.75 Å². The first-order valence-electron chi connectivity index (χ1n) is 9.39. The third kappa shape index (κ3) is 4.13. The number of hydrogen-bond donors (Lipinski definition) is 2. The Morgan fingerprint density at radius 2 is 2.17 bits per heavy atom. The van der Waals surface area contributed by atoms with Crippen molar-refractivity contribution in [2.45, 2.75) is 32.9 Å². The van der Waals surface area contributed by atoms with Gasteiger partial charge in [-0.3, -0.25) is 4.98 Å². The quantitative estimate of drug-likeness (QED) is 0.469. The predicted molar refractivity (Wildman–Crippen MR) is 110 cm³/mol. The Kier molecular flexibility index (Phi) is 5.28. The number of nitrogens with zero attached hydrogens (tertiary/aromatic N) is 5. The highest BCUT2D eigenvalue weighted by Gasteiger charge is 2.12. The van der Waals surface area contributed by atoms with Gasteiger partial charge in [0.25, 0.3) is 0 Å². The van der Waals surface area contributed by atoms with Crippen LogP contribution in [0.4, 0.5) is 11.8 Å². The molecule has 4 rings (SSSR count). The number of nitrogen functional groups attached to an aromatic ring is 1. The lowest BCUT2D eigenvalue weighted by Crippen LogP contribution is -2.08. The average Bonchev–Trinajstić information content (AvgIpc) is 3.32. The fraction of sp³-hybridized carbons (Fsp3) is 0.300. The van der Waals surface area contributed by atoms with Crippen LogP contribution in [0.1, 0.15) is 23.4 Å². The number of pyridine rings is 1. The first kappa shape index (κ1) is 18.7. The van der Waals surface area contributed by atoms with Crippen LogP contribution < -0.4 is 15.8 Å². The van der Waals surface area contributed by atoms with Crippen molar-refractivity contribution >= 4 is 22.8 Å². The molecule has 0 aromatic carbocycles. The van der Waals surface area contributed by atoms with Crippen molar-refractivity contribution in [3.8, 4) is 5.75 Å². The average molecular weight is 393 g/mol. The van der Waals surface area contributed by atoms with Crippen LogP contribution in [-0.2, 0) is 19.5 Å². The summed E-state index contributed by atoms with van der Waals surface area (Å²) < 4.78 is 12.6. The maximum Gasteiger partial charge on any atom is 0.222 e. The highest BCUT2D eigenvalue weighted by atomic mass is 16.5. The van der Waals surface area contributed by atoms with Crippen molar-refractivity contribution in [1.82, 2.24) is 24.7 Å². The van der Waals surface area contributed by atoms with Crippen LogP contribution >= 0.6 is 0 Å².